The fourth-order valence-corrected chi connectivity index (χ4v) is 2.68. The number of halogens is 1. The molecule has 2 aromatic rings. The summed E-state index contributed by atoms with van der Waals surface area (Å²) in [5.41, 5.74) is 1.03. The SMILES string of the molecule is COc1ccc(NC(=S)NC(=O)c2cc(Br)ccc2OC)cc1OC. The van der Waals surface area contributed by atoms with Gasteiger partial charge < -0.3 is 19.5 Å². The Bertz CT molecular complexity index is 798. The standard InChI is InChI=1S/C17H17BrN2O4S/c1-22-13-6-4-10(18)8-12(13)16(21)20-17(25)19-11-5-7-14(23-2)15(9-11)24-3/h4-9H,1-3H3,(H2,19,20,21,25). The van der Waals surface area contributed by atoms with E-state index < -0.39 is 0 Å². The molecule has 6 nitrogen and oxygen atoms in total. The number of ether oxygens (including phenoxy) is 3. The Morgan fingerprint density at radius 1 is 0.960 bits per heavy atom. The lowest BCUT2D eigenvalue weighted by atomic mass is 10.2. The number of carbonyl (C=O) groups is 1. The summed E-state index contributed by atoms with van der Waals surface area (Å²) in [7, 11) is 4.60. The Hall–Kier alpha value is -2.32. The number of carbonyl (C=O) groups excluding carboxylic acids is 1. The quantitative estimate of drug-likeness (QED) is 0.714. The highest BCUT2D eigenvalue weighted by atomic mass is 79.9. The van der Waals surface area contributed by atoms with Gasteiger partial charge in [0.25, 0.3) is 5.91 Å². The van der Waals surface area contributed by atoms with Gasteiger partial charge in [0, 0.05) is 16.2 Å². The summed E-state index contributed by atoms with van der Waals surface area (Å²) in [6, 6.07) is 10.4. The van der Waals surface area contributed by atoms with Crippen molar-refractivity contribution in [3.63, 3.8) is 0 Å². The second-order valence-electron chi connectivity index (χ2n) is 4.82. The lowest BCUT2D eigenvalue weighted by Gasteiger charge is -2.13. The van der Waals surface area contributed by atoms with Crippen LogP contribution in [0.25, 0.3) is 0 Å². The Balaban J connectivity index is 2.10. The zero-order chi connectivity index (χ0) is 18.4. The molecule has 132 valence electrons. The van der Waals surface area contributed by atoms with Crippen LogP contribution in [0.1, 0.15) is 10.4 Å². The van der Waals surface area contributed by atoms with Crippen LogP contribution in [0.3, 0.4) is 0 Å². The minimum atomic E-state index is -0.379. The number of hydrogen-bond acceptors (Lipinski definition) is 5. The van der Waals surface area contributed by atoms with Crippen molar-refractivity contribution in [2.24, 2.45) is 0 Å². The molecule has 0 saturated carbocycles. The first-order chi connectivity index (χ1) is 12.0. The van der Waals surface area contributed by atoms with Gasteiger partial charge in [-0.2, -0.15) is 0 Å². The highest BCUT2D eigenvalue weighted by Gasteiger charge is 2.14. The van der Waals surface area contributed by atoms with Gasteiger partial charge in [-0.3, -0.25) is 10.1 Å². The van der Waals surface area contributed by atoms with Gasteiger partial charge in [-0.1, -0.05) is 15.9 Å². The number of rotatable bonds is 5. The molecule has 1 amide bonds. The van der Waals surface area contributed by atoms with Gasteiger partial charge in [-0.25, -0.2) is 0 Å². The van der Waals surface area contributed by atoms with E-state index in [1.165, 1.54) is 7.11 Å². The molecular weight excluding hydrogens is 408 g/mol. The molecule has 0 aromatic heterocycles. The normalized spacial score (nSPS) is 9.92. The topological polar surface area (TPSA) is 68.8 Å². The van der Waals surface area contributed by atoms with Crippen LogP contribution in [-0.4, -0.2) is 32.3 Å². The van der Waals surface area contributed by atoms with E-state index in [1.807, 2.05) is 0 Å². The van der Waals surface area contributed by atoms with Gasteiger partial charge in [0.15, 0.2) is 16.6 Å². The van der Waals surface area contributed by atoms with Crippen molar-refractivity contribution in [1.29, 1.82) is 0 Å². The third-order valence-electron chi connectivity index (χ3n) is 3.27. The molecule has 0 bridgehead atoms. The van der Waals surface area contributed by atoms with E-state index in [1.54, 1.807) is 50.6 Å². The molecule has 0 fully saturated rings. The van der Waals surface area contributed by atoms with Crippen LogP contribution in [0.15, 0.2) is 40.9 Å². The van der Waals surface area contributed by atoms with Crippen molar-refractivity contribution < 1.29 is 19.0 Å². The highest BCUT2D eigenvalue weighted by molar-refractivity contribution is 9.10. The van der Waals surface area contributed by atoms with E-state index >= 15 is 0 Å². The van der Waals surface area contributed by atoms with Crippen LogP contribution in [0.5, 0.6) is 17.2 Å². The Morgan fingerprint density at radius 3 is 2.24 bits per heavy atom. The molecule has 2 rings (SSSR count). The summed E-state index contributed by atoms with van der Waals surface area (Å²) >= 11 is 8.53. The van der Waals surface area contributed by atoms with Crippen LogP contribution in [-0.2, 0) is 0 Å². The molecule has 0 atom stereocenters. The maximum atomic E-state index is 12.4. The van der Waals surface area contributed by atoms with Crippen molar-refractivity contribution in [1.82, 2.24) is 5.32 Å². The Morgan fingerprint density at radius 2 is 1.60 bits per heavy atom. The molecule has 0 radical (unpaired) electrons. The van der Waals surface area contributed by atoms with Gasteiger partial charge >= 0.3 is 0 Å². The molecule has 0 saturated heterocycles. The number of nitrogens with one attached hydrogen (secondary N) is 2. The van der Waals surface area contributed by atoms with Crippen LogP contribution >= 0.6 is 28.1 Å². The van der Waals surface area contributed by atoms with E-state index in [4.69, 9.17) is 26.4 Å². The molecule has 0 aliphatic carbocycles. The first kappa shape index (κ1) is 19.0. The number of hydrogen-bond donors (Lipinski definition) is 2. The number of anilines is 1. The summed E-state index contributed by atoms with van der Waals surface area (Å²) in [6.07, 6.45) is 0. The predicted octanol–water partition coefficient (Wildman–Crippen LogP) is 3.60. The van der Waals surface area contributed by atoms with Crippen LogP contribution in [0.2, 0.25) is 0 Å². The van der Waals surface area contributed by atoms with Gasteiger partial charge in [-0.05, 0) is 42.5 Å². The Labute approximate surface area is 159 Å². The number of methoxy groups -OCH3 is 3. The molecule has 0 aliphatic heterocycles. The van der Waals surface area contributed by atoms with Gasteiger partial charge in [0.2, 0.25) is 0 Å². The summed E-state index contributed by atoms with van der Waals surface area (Å²) < 4.78 is 16.4. The summed E-state index contributed by atoms with van der Waals surface area (Å²) in [5, 5.41) is 5.71. The largest absolute Gasteiger partial charge is 0.496 e. The van der Waals surface area contributed by atoms with Crippen LogP contribution < -0.4 is 24.8 Å². The second kappa shape index (κ2) is 8.68. The van der Waals surface area contributed by atoms with Crippen molar-refractivity contribution in [2.75, 3.05) is 26.6 Å². The molecule has 0 aliphatic rings. The first-order valence-electron chi connectivity index (χ1n) is 7.16. The van der Waals surface area contributed by atoms with Crippen molar-refractivity contribution in [3.8, 4) is 17.2 Å². The summed E-state index contributed by atoms with van der Waals surface area (Å²) in [4.78, 5) is 12.4. The third-order valence-corrected chi connectivity index (χ3v) is 3.97. The molecule has 0 spiro atoms. The first-order valence-corrected chi connectivity index (χ1v) is 8.36. The van der Waals surface area contributed by atoms with E-state index in [-0.39, 0.29) is 11.0 Å². The third kappa shape index (κ3) is 4.83. The van der Waals surface area contributed by atoms with Gasteiger partial charge in [0.05, 0.1) is 26.9 Å². The van der Waals surface area contributed by atoms with E-state index in [0.29, 0.717) is 28.5 Å². The molecule has 8 heteroatoms. The molecule has 0 unspecified atom stereocenters. The molecule has 25 heavy (non-hydrogen) atoms. The molecular formula is C17H17BrN2O4S. The van der Waals surface area contributed by atoms with E-state index in [9.17, 15) is 4.79 Å². The molecule has 0 heterocycles. The molecule has 2 N–H and O–H groups in total. The van der Waals surface area contributed by atoms with E-state index in [0.717, 1.165) is 4.47 Å². The number of amides is 1. The second-order valence-corrected chi connectivity index (χ2v) is 6.15. The zero-order valence-electron chi connectivity index (χ0n) is 13.9. The maximum Gasteiger partial charge on any atom is 0.261 e. The molecule has 2 aromatic carbocycles. The average Bonchev–Trinajstić information content (AvgIpc) is 2.61. The number of thiocarbonyl (C=S) groups is 1. The summed E-state index contributed by atoms with van der Waals surface area (Å²) in [5.74, 6) is 1.22. The maximum absolute atomic E-state index is 12.4. The minimum Gasteiger partial charge on any atom is -0.496 e. The summed E-state index contributed by atoms with van der Waals surface area (Å²) in [6.45, 7) is 0. The van der Waals surface area contributed by atoms with E-state index in [2.05, 4.69) is 26.6 Å². The smallest absolute Gasteiger partial charge is 0.261 e. The van der Waals surface area contributed by atoms with Crippen molar-refractivity contribution >= 4 is 44.9 Å². The van der Waals surface area contributed by atoms with Crippen molar-refractivity contribution in [2.45, 2.75) is 0 Å². The van der Waals surface area contributed by atoms with Gasteiger partial charge in [0.1, 0.15) is 5.75 Å². The number of benzene rings is 2. The fourth-order valence-electron chi connectivity index (χ4n) is 2.10. The lowest BCUT2D eigenvalue weighted by molar-refractivity contribution is 0.0974. The van der Waals surface area contributed by atoms with Gasteiger partial charge in [-0.15, -0.1) is 0 Å². The minimum absolute atomic E-state index is 0.152. The zero-order valence-corrected chi connectivity index (χ0v) is 16.3. The van der Waals surface area contributed by atoms with Crippen LogP contribution in [0.4, 0.5) is 5.69 Å². The Kier molecular flexibility index (Phi) is 6.60. The lowest BCUT2D eigenvalue weighted by Crippen LogP contribution is -2.34. The van der Waals surface area contributed by atoms with Crippen LogP contribution in [0, 0.1) is 0 Å². The predicted molar refractivity (Wildman–Crippen MR) is 104 cm³/mol. The highest BCUT2D eigenvalue weighted by Crippen LogP contribution is 2.29. The fraction of sp³-hybridized carbons (Fsp3) is 0.176. The van der Waals surface area contributed by atoms with Crippen molar-refractivity contribution in [3.05, 3.63) is 46.4 Å². The average molecular weight is 425 g/mol. The monoisotopic (exact) mass is 424 g/mol.